The number of halogens is 2. The zero-order valence-electron chi connectivity index (χ0n) is 9.51. The molecule has 0 saturated carbocycles. The van der Waals surface area contributed by atoms with Crippen LogP contribution in [-0.2, 0) is 10.0 Å². The third-order valence-corrected chi connectivity index (χ3v) is 3.48. The molecule has 2 aromatic rings. The van der Waals surface area contributed by atoms with Gasteiger partial charge in [-0.1, -0.05) is 11.6 Å². The number of benzene rings is 2. The summed E-state index contributed by atoms with van der Waals surface area (Å²) in [6.07, 6.45) is 0. The van der Waals surface area contributed by atoms with E-state index in [2.05, 4.69) is 0 Å². The predicted molar refractivity (Wildman–Crippen MR) is 69.3 cm³/mol. The van der Waals surface area contributed by atoms with E-state index in [9.17, 15) is 12.8 Å². The van der Waals surface area contributed by atoms with Crippen LogP contribution in [0.2, 0.25) is 5.02 Å². The number of nitrogens with two attached hydrogens (primary N) is 1. The Morgan fingerprint density at radius 2 is 1.74 bits per heavy atom. The summed E-state index contributed by atoms with van der Waals surface area (Å²) in [5.41, 5.74) is 0. The molecule has 0 atom stereocenters. The molecule has 0 radical (unpaired) electrons. The Morgan fingerprint density at radius 1 is 1.11 bits per heavy atom. The lowest BCUT2D eigenvalue weighted by Crippen LogP contribution is -2.11. The molecule has 0 fully saturated rings. The van der Waals surface area contributed by atoms with Gasteiger partial charge < -0.3 is 4.74 Å². The number of hydrogen-bond donors (Lipinski definition) is 1. The van der Waals surface area contributed by atoms with Crippen molar-refractivity contribution < 1.29 is 17.5 Å². The van der Waals surface area contributed by atoms with Crippen molar-refractivity contribution in [2.45, 2.75) is 4.90 Å². The molecule has 0 heterocycles. The molecule has 0 unspecified atom stereocenters. The van der Waals surface area contributed by atoms with Gasteiger partial charge in [0.05, 0.1) is 9.92 Å². The fourth-order valence-electron chi connectivity index (χ4n) is 1.37. The summed E-state index contributed by atoms with van der Waals surface area (Å²) in [6.45, 7) is 0. The molecule has 2 N–H and O–H groups in total. The van der Waals surface area contributed by atoms with Crippen LogP contribution in [0.3, 0.4) is 0 Å². The zero-order valence-corrected chi connectivity index (χ0v) is 11.1. The number of ether oxygens (including phenoxy) is 1. The Bertz CT molecular complexity index is 701. The summed E-state index contributed by atoms with van der Waals surface area (Å²) in [7, 11) is -3.81. The Kier molecular flexibility index (Phi) is 3.75. The van der Waals surface area contributed by atoms with Crippen molar-refractivity contribution in [3.63, 3.8) is 0 Å². The highest BCUT2D eigenvalue weighted by Crippen LogP contribution is 2.31. The number of hydrogen-bond acceptors (Lipinski definition) is 3. The lowest BCUT2D eigenvalue weighted by atomic mass is 10.3. The molecule has 0 aliphatic heterocycles. The number of sulfonamides is 1. The Labute approximate surface area is 114 Å². The van der Waals surface area contributed by atoms with Gasteiger partial charge in [0.25, 0.3) is 0 Å². The molecule has 0 spiro atoms. The molecule has 0 amide bonds. The second-order valence-electron chi connectivity index (χ2n) is 3.69. The van der Waals surface area contributed by atoms with Crippen molar-refractivity contribution in [1.29, 1.82) is 0 Å². The average molecular weight is 302 g/mol. The lowest BCUT2D eigenvalue weighted by Gasteiger charge is -2.08. The Morgan fingerprint density at radius 3 is 2.26 bits per heavy atom. The summed E-state index contributed by atoms with van der Waals surface area (Å²) >= 11 is 5.90. The fourth-order valence-corrected chi connectivity index (χ4v) is 2.19. The molecule has 0 bridgehead atoms. The van der Waals surface area contributed by atoms with Crippen molar-refractivity contribution in [3.05, 3.63) is 53.3 Å². The molecule has 0 aromatic heterocycles. The molecular weight excluding hydrogens is 293 g/mol. The highest BCUT2D eigenvalue weighted by molar-refractivity contribution is 7.89. The van der Waals surface area contributed by atoms with E-state index >= 15 is 0 Å². The van der Waals surface area contributed by atoms with E-state index in [1.165, 1.54) is 42.5 Å². The Hall–Kier alpha value is -1.63. The van der Waals surface area contributed by atoms with Gasteiger partial charge in [0.1, 0.15) is 17.3 Å². The van der Waals surface area contributed by atoms with Gasteiger partial charge in [-0.25, -0.2) is 17.9 Å². The van der Waals surface area contributed by atoms with Crippen molar-refractivity contribution in [3.8, 4) is 11.5 Å². The third-order valence-electron chi connectivity index (χ3n) is 2.27. The first kappa shape index (κ1) is 13.8. The topological polar surface area (TPSA) is 69.4 Å². The van der Waals surface area contributed by atoms with Gasteiger partial charge in [0, 0.05) is 0 Å². The maximum absolute atomic E-state index is 12.7. The van der Waals surface area contributed by atoms with Crippen LogP contribution in [0.4, 0.5) is 4.39 Å². The predicted octanol–water partition coefficient (Wildman–Crippen LogP) is 2.92. The summed E-state index contributed by atoms with van der Waals surface area (Å²) in [5, 5.41) is 5.07. The van der Waals surface area contributed by atoms with Gasteiger partial charge >= 0.3 is 0 Å². The molecule has 0 aliphatic carbocycles. The molecule has 2 rings (SSSR count). The van der Waals surface area contributed by atoms with E-state index < -0.39 is 10.0 Å². The maximum atomic E-state index is 12.7. The third kappa shape index (κ3) is 3.44. The minimum absolute atomic E-state index is 0.0934. The first-order valence-corrected chi connectivity index (χ1v) is 7.04. The van der Waals surface area contributed by atoms with Crippen LogP contribution in [0.15, 0.2) is 47.4 Å². The van der Waals surface area contributed by atoms with Crippen molar-refractivity contribution >= 4 is 21.6 Å². The van der Waals surface area contributed by atoms with Crippen LogP contribution in [-0.4, -0.2) is 8.42 Å². The van der Waals surface area contributed by atoms with E-state index in [4.69, 9.17) is 21.5 Å². The second-order valence-corrected chi connectivity index (χ2v) is 5.66. The number of rotatable bonds is 3. The van der Waals surface area contributed by atoms with Crippen LogP contribution in [0.1, 0.15) is 0 Å². The Balaban J connectivity index is 2.29. The van der Waals surface area contributed by atoms with Gasteiger partial charge in [-0.05, 0) is 42.5 Å². The van der Waals surface area contributed by atoms with Gasteiger partial charge in [-0.3, -0.25) is 0 Å². The lowest BCUT2D eigenvalue weighted by molar-refractivity contribution is 0.480. The second kappa shape index (κ2) is 5.16. The minimum Gasteiger partial charge on any atom is -0.456 e. The van der Waals surface area contributed by atoms with Crippen LogP contribution >= 0.6 is 11.6 Å². The highest BCUT2D eigenvalue weighted by atomic mass is 35.5. The highest BCUT2D eigenvalue weighted by Gasteiger charge is 2.11. The SMILES string of the molecule is NS(=O)(=O)c1ccc(Oc2ccc(F)cc2)c(Cl)c1. The molecule has 0 aliphatic rings. The molecule has 0 saturated heterocycles. The largest absolute Gasteiger partial charge is 0.456 e. The molecule has 19 heavy (non-hydrogen) atoms. The smallest absolute Gasteiger partial charge is 0.238 e. The zero-order chi connectivity index (χ0) is 14.0. The first-order valence-electron chi connectivity index (χ1n) is 5.12. The van der Waals surface area contributed by atoms with Crippen molar-refractivity contribution in [1.82, 2.24) is 0 Å². The normalized spacial score (nSPS) is 11.3. The van der Waals surface area contributed by atoms with Gasteiger partial charge in [-0.15, -0.1) is 0 Å². The molecule has 7 heteroatoms. The van der Waals surface area contributed by atoms with E-state index in [1.807, 2.05) is 0 Å². The van der Waals surface area contributed by atoms with E-state index in [0.29, 0.717) is 5.75 Å². The summed E-state index contributed by atoms with van der Waals surface area (Å²) in [5.74, 6) is 0.246. The number of primary sulfonamides is 1. The summed E-state index contributed by atoms with van der Waals surface area (Å²) in [6, 6.07) is 9.18. The monoisotopic (exact) mass is 301 g/mol. The quantitative estimate of drug-likeness (QED) is 0.947. The van der Waals surface area contributed by atoms with Crippen LogP contribution in [0.5, 0.6) is 11.5 Å². The van der Waals surface area contributed by atoms with Gasteiger partial charge in [0.2, 0.25) is 10.0 Å². The standard InChI is InChI=1S/C12H9ClFNO3S/c13-11-7-10(19(15,16)17)5-6-12(11)18-9-3-1-8(14)2-4-9/h1-7H,(H2,15,16,17). The van der Waals surface area contributed by atoms with Crippen LogP contribution in [0, 0.1) is 5.82 Å². The molecule has 100 valence electrons. The minimum atomic E-state index is -3.81. The molecular formula is C12H9ClFNO3S. The van der Waals surface area contributed by atoms with E-state index in [0.717, 1.165) is 0 Å². The van der Waals surface area contributed by atoms with Gasteiger partial charge in [0.15, 0.2) is 0 Å². The van der Waals surface area contributed by atoms with E-state index in [1.54, 1.807) is 0 Å². The van der Waals surface area contributed by atoms with Crippen LogP contribution < -0.4 is 9.88 Å². The summed E-state index contributed by atoms with van der Waals surface area (Å²) in [4.78, 5) is -0.107. The molecule has 4 nitrogen and oxygen atoms in total. The first-order chi connectivity index (χ1) is 8.86. The van der Waals surface area contributed by atoms with Gasteiger partial charge in [-0.2, -0.15) is 0 Å². The average Bonchev–Trinajstić information content (AvgIpc) is 2.33. The fraction of sp³-hybridized carbons (Fsp3) is 0. The maximum Gasteiger partial charge on any atom is 0.238 e. The van der Waals surface area contributed by atoms with Crippen molar-refractivity contribution in [2.24, 2.45) is 5.14 Å². The summed E-state index contributed by atoms with van der Waals surface area (Å²) < 4.78 is 40.4. The van der Waals surface area contributed by atoms with E-state index in [-0.39, 0.29) is 21.5 Å². The van der Waals surface area contributed by atoms with Crippen LogP contribution in [0.25, 0.3) is 0 Å². The van der Waals surface area contributed by atoms with Crippen molar-refractivity contribution in [2.75, 3.05) is 0 Å². The molecule has 2 aromatic carbocycles.